The molecule has 0 spiro atoms. The van der Waals surface area contributed by atoms with Crippen LogP contribution in [-0.2, 0) is 6.61 Å². The lowest BCUT2D eigenvalue weighted by Gasteiger charge is -2.10. The molecule has 0 radical (unpaired) electrons. The summed E-state index contributed by atoms with van der Waals surface area (Å²) in [5.41, 5.74) is 6.87. The molecule has 0 aliphatic carbocycles. The van der Waals surface area contributed by atoms with Gasteiger partial charge in [-0.1, -0.05) is 18.2 Å². The molecule has 5 nitrogen and oxygen atoms in total. The van der Waals surface area contributed by atoms with Crippen LogP contribution in [0.1, 0.15) is 11.3 Å². The zero-order valence-electron chi connectivity index (χ0n) is 10.7. The molecule has 0 saturated carbocycles. The number of hydrogen-bond donors (Lipinski definition) is 2. The van der Waals surface area contributed by atoms with Crippen molar-refractivity contribution in [1.82, 2.24) is 4.98 Å². The third kappa shape index (κ3) is 2.33. The first-order valence-electron chi connectivity index (χ1n) is 6.13. The van der Waals surface area contributed by atoms with Crippen LogP contribution >= 0.6 is 0 Å². The van der Waals surface area contributed by atoms with E-state index in [1.807, 2.05) is 36.4 Å². The number of hydrogen-bond acceptors (Lipinski definition) is 4. The number of nitrogens with one attached hydrogen (secondary N) is 1. The van der Waals surface area contributed by atoms with E-state index in [-0.39, 0.29) is 12.4 Å². The Morgan fingerprint density at radius 1 is 1.25 bits per heavy atom. The summed E-state index contributed by atoms with van der Waals surface area (Å²) < 4.78 is 10.8. The zero-order chi connectivity index (χ0) is 13.9. The minimum Gasteiger partial charge on any atom is -0.469 e. The number of pyridine rings is 1. The Labute approximate surface area is 115 Å². The normalized spacial score (nSPS) is 10.6. The number of rotatable bonds is 4. The minimum absolute atomic E-state index is 0.0716. The second kappa shape index (κ2) is 5.05. The van der Waals surface area contributed by atoms with Gasteiger partial charge in [-0.05, 0) is 24.3 Å². The van der Waals surface area contributed by atoms with Crippen molar-refractivity contribution in [3.05, 3.63) is 60.1 Å². The number of aromatic nitrogens is 1. The summed E-state index contributed by atoms with van der Waals surface area (Å²) in [6, 6.07) is 13.0. The van der Waals surface area contributed by atoms with E-state index >= 15 is 0 Å². The fourth-order valence-corrected chi connectivity index (χ4v) is 1.94. The van der Waals surface area contributed by atoms with Gasteiger partial charge in [-0.15, -0.1) is 0 Å². The van der Waals surface area contributed by atoms with E-state index in [2.05, 4.69) is 4.98 Å². The predicted octanol–water partition coefficient (Wildman–Crippen LogP) is 2.69. The first-order chi connectivity index (χ1) is 9.74. The first kappa shape index (κ1) is 12.2. The molecule has 100 valence electrons. The SMILES string of the molecule is N=C(N)c1cc2ccccc2nc1OCc1ccco1. The van der Waals surface area contributed by atoms with E-state index < -0.39 is 0 Å². The maximum absolute atomic E-state index is 7.64. The number of nitrogens with two attached hydrogens (primary N) is 1. The highest BCUT2D eigenvalue weighted by molar-refractivity contribution is 6.00. The second-order valence-corrected chi connectivity index (χ2v) is 4.32. The molecule has 0 saturated heterocycles. The number of nitrogen functional groups attached to an aromatic ring is 1. The quantitative estimate of drug-likeness (QED) is 0.562. The highest BCUT2D eigenvalue weighted by Gasteiger charge is 2.11. The number of fused-ring (bicyclic) bond motifs is 1. The van der Waals surface area contributed by atoms with Gasteiger partial charge in [0, 0.05) is 5.39 Å². The lowest BCUT2D eigenvalue weighted by atomic mass is 10.1. The van der Waals surface area contributed by atoms with Crippen LogP contribution in [0, 0.1) is 5.41 Å². The van der Waals surface area contributed by atoms with Crippen LogP contribution in [-0.4, -0.2) is 10.8 Å². The summed E-state index contributed by atoms with van der Waals surface area (Å²) in [4.78, 5) is 4.41. The molecule has 3 N–H and O–H groups in total. The van der Waals surface area contributed by atoms with Crippen molar-refractivity contribution in [2.45, 2.75) is 6.61 Å². The van der Waals surface area contributed by atoms with Crippen LogP contribution in [0.4, 0.5) is 0 Å². The summed E-state index contributed by atoms with van der Waals surface area (Å²) >= 11 is 0. The van der Waals surface area contributed by atoms with Gasteiger partial charge in [0.2, 0.25) is 5.88 Å². The van der Waals surface area contributed by atoms with Gasteiger partial charge in [-0.2, -0.15) is 0 Å². The smallest absolute Gasteiger partial charge is 0.225 e. The molecule has 2 aromatic heterocycles. The molecular formula is C15H13N3O2. The topological polar surface area (TPSA) is 85.1 Å². The van der Waals surface area contributed by atoms with E-state index in [4.69, 9.17) is 20.3 Å². The Kier molecular flexibility index (Phi) is 3.09. The Hall–Kier alpha value is -2.82. The molecule has 0 atom stereocenters. The van der Waals surface area contributed by atoms with Gasteiger partial charge >= 0.3 is 0 Å². The second-order valence-electron chi connectivity index (χ2n) is 4.32. The van der Waals surface area contributed by atoms with Crippen LogP contribution in [0.5, 0.6) is 5.88 Å². The van der Waals surface area contributed by atoms with Gasteiger partial charge in [-0.25, -0.2) is 4.98 Å². The van der Waals surface area contributed by atoms with E-state index in [0.717, 1.165) is 10.9 Å². The number of para-hydroxylation sites is 1. The molecule has 1 aromatic carbocycles. The van der Waals surface area contributed by atoms with E-state index in [1.165, 1.54) is 0 Å². The van der Waals surface area contributed by atoms with Crippen molar-refractivity contribution in [2.75, 3.05) is 0 Å². The van der Waals surface area contributed by atoms with Crippen LogP contribution in [0.25, 0.3) is 10.9 Å². The van der Waals surface area contributed by atoms with Gasteiger partial charge in [0.25, 0.3) is 0 Å². The van der Waals surface area contributed by atoms with Gasteiger partial charge < -0.3 is 14.9 Å². The summed E-state index contributed by atoms with van der Waals surface area (Å²) in [7, 11) is 0. The van der Waals surface area contributed by atoms with E-state index in [9.17, 15) is 0 Å². The van der Waals surface area contributed by atoms with Crippen molar-refractivity contribution in [1.29, 1.82) is 5.41 Å². The largest absolute Gasteiger partial charge is 0.469 e. The third-order valence-electron chi connectivity index (χ3n) is 2.91. The summed E-state index contributed by atoms with van der Waals surface area (Å²) in [5.74, 6) is 0.958. The van der Waals surface area contributed by atoms with E-state index in [1.54, 1.807) is 12.3 Å². The molecule has 0 aliphatic heterocycles. The molecule has 2 heterocycles. The molecular weight excluding hydrogens is 254 g/mol. The molecule has 5 heteroatoms. The molecule has 0 aliphatic rings. The number of furan rings is 1. The fourth-order valence-electron chi connectivity index (χ4n) is 1.94. The lowest BCUT2D eigenvalue weighted by Crippen LogP contribution is -2.14. The molecule has 3 rings (SSSR count). The number of benzene rings is 1. The van der Waals surface area contributed by atoms with Gasteiger partial charge in [0.15, 0.2) is 0 Å². The average molecular weight is 267 g/mol. The van der Waals surface area contributed by atoms with Crippen LogP contribution < -0.4 is 10.5 Å². The summed E-state index contributed by atoms with van der Waals surface area (Å²) in [6.45, 7) is 0.249. The Bertz CT molecular complexity index is 751. The Morgan fingerprint density at radius 3 is 2.85 bits per heavy atom. The van der Waals surface area contributed by atoms with E-state index in [0.29, 0.717) is 17.2 Å². The van der Waals surface area contributed by atoms with Crippen molar-refractivity contribution >= 4 is 16.7 Å². The third-order valence-corrected chi connectivity index (χ3v) is 2.91. The number of ether oxygens (including phenoxy) is 1. The monoisotopic (exact) mass is 267 g/mol. The standard InChI is InChI=1S/C15H13N3O2/c16-14(17)12-8-10-4-1-2-6-13(10)18-15(12)20-9-11-5-3-7-19-11/h1-8H,9H2,(H3,16,17). The fraction of sp³-hybridized carbons (Fsp3) is 0.0667. The maximum atomic E-state index is 7.64. The summed E-state index contributed by atoms with van der Waals surface area (Å²) in [6.07, 6.45) is 1.58. The van der Waals surface area contributed by atoms with Crippen LogP contribution in [0.15, 0.2) is 53.1 Å². The minimum atomic E-state index is -0.0716. The van der Waals surface area contributed by atoms with Gasteiger partial charge in [0.05, 0.1) is 17.3 Å². The predicted molar refractivity (Wildman–Crippen MR) is 75.8 cm³/mol. The van der Waals surface area contributed by atoms with Crippen LogP contribution in [0.3, 0.4) is 0 Å². The molecule has 0 fully saturated rings. The molecule has 3 aromatic rings. The van der Waals surface area contributed by atoms with Crippen molar-refractivity contribution < 1.29 is 9.15 Å². The highest BCUT2D eigenvalue weighted by Crippen LogP contribution is 2.22. The number of nitrogens with zero attached hydrogens (tertiary/aromatic N) is 1. The van der Waals surface area contributed by atoms with Crippen molar-refractivity contribution in [2.24, 2.45) is 5.73 Å². The zero-order valence-corrected chi connectivity index (χ0v) is 10.7. The van der Waals surface area contributed by atoms with Crippen LogP contribution in [0.2, 0.25) is 0 Å². The molecule has 0 amide bonds. The molecule has 0 unspecified atom stereocenters. The maximum Gasteiger partial charge on any atom is 0.225 e. The molecule has 20 heavy (non-hydrogen) atoms. The van der Waals surface area contributed by atoms with Crippen molar-refractivity contribution in [3.63, 3.8) is 0 Å². The van der Waals surface area contributed by atoms with Gasteiger partial charge in [-0.3, -0.25) is 5.41 Å². The van der Waals surface area contributed by atoms with Gasteiger partial charge in [0.1, 0.15) is 18.2 Å². The first-order valence-corrected chi connectivity index (χ1v) is 6.13. The van der Waals surface area contributed by atoms with Crippen molar-refractivity contribution in [3.8, 4) is 5.88 Å². The Balaban J connectivity index is 1.98. The average Bonchev–Trinajstić information content (AvgIpc) is 2.97. The molecule has 0 bridgehead atoms. The Morgan fingerprint density at radius 2 is 2.10 bits per heavy atom. The highest BCUT2D eigenvalue weighted by atomic mass is 16.5. The summed E-state index contributed by atoms with van der Waals surface area (Å²) in [5, 5.41) is 8.56. The number of amidine groups is 1. The lowest BCUT2D eigenvalue weighted by molar-refractivity contribution is 0.261.